The van der Waals surface area contributed by atoms with Gasteiger partial charge in [0.1, 0.15) is 0 Å². The molecule has 0 aliphatic rings. The summed E-state index contributed by atoms with van der Waals surface area (Å²) in [5.41, 5.74) is 4.71. The van der Waals surface area contributed by atoms with Gasteiger partial charge in [-0.1, -0.05) is 0 Å². The van der Waals surface area contributed by atoms with Gasteiger partial charge in [-0.15, -0.1) is 0 Å². The van der Waals surface area contributed by atoms with Crippen LogP contribution in [0.15, 0.2) is 18.2 Å². The van der Waals surface area contributed by atoms with Gasteiger partial charge in [-0.05, 0) is 31.4 Å². The van der Waals surface area contributed by atoms with Crippen molar-refractivity contribution >= 4 is 23.1 Å². The molecule has 0 heterocycles. The molecule has 0 fully saturated rings. The van der Waals surface area contributed by atoms with Crippen LogP contribution in [0.1, 0.15) is 12.5 Å². The van der Waals surface area contributed by atoms with Gasteiger partial charge in [0.15, 0.2) is 0 Å². The predicted octanol–water partition coefficient (Wildman–Crippen LogP) is 3.45. The number of benzene rings is 1. The lowest BCUT2D eigenvalue weighted by Crippen LogP contribution is -2.18. The number of anilines is 2. The molecule has 1 unspecified atom stereocenters. The molecule has 0 saturated heterocycles. The third kappa shape index (κ3) is 4.03. The minimum atomic E-state index is -4.41. The van der Waals surface area contributed by atoms with E-state index in [9.17, 15) is 13.2 Å². The first kappa shape index (κ1) is 14.0. The van der Waals surface area contributed by atoms with Crippen LogP contribution in [-0.4, -0.2) is 18.1 Å². The zero-order valence-electron chi connectivity index (χ0n) is 9.64. The number of thioether (sulfide) groups is 1. The molecular formula is C11H15F3N2S. The molecule has 0 saturated carbocycles. The number of nitrogens with one attached hydrogen (secondary N) is 1. The molecule has 6 heteroatoms. The van der Waals surface area contributed by atoms with E-state index in [4.69, 9.17) is 5.73 Å². The van der Waals surface area contributed by atoms with E-state index in [0.29, 0.717) is 5.69 Å². The van der Waals surface area contributed by atoms with Gasteiger partial charge < -0.3 is 11.1 Å². The molecule has 17 heavy (non-hydrogen) atoms. The summed E-state index contributed by atoms with van der Waals surface area (Å²) < 4.78 is 37.8. The molecule has 0 bridgehead atoms. The second-order valence-corrected chi connectivity index (χ2v) is 4.71. The van der Waals surface area contributed by atoms with Crippen molar-refractivity contribution in [2.45, 2.75) is 19.1 Å². The fourth-order valence-corrected chi connectivity index (χ4v) is 2.05. The van der Waals surface area contributed by atoms with E-state index in [0.717, 1.165) is 11.8 Å². The summed E-state index contributed by atoms with van der Waals surface area (Å²) in [4.78, 5) is 0. The third-order valence-corrected chi connectivity index (χ3v) is 3.02. The molecule has 0 spiro atoms. The van der Waals surface area contributed by atoms with Crippen molar-refractivity contribution in [1.82, 2.24) is 0 Å². The Kier molecular flexibility index (Phi) is 4.56. The first-order valence-electron chi connectivity index (χ1n) is 5.06. The van der Waals surface area contributed by atoms with E-state index in [1.807, 2.05) is 13.2 Å². The van der Waals surface area contributed by atoms with Crippen LogP contribution in [0.4, 0.5) is 24.5 Å². The molecule has 96 valence electrons. The standard InChI is InChI=1S/C11H15F3N2S/c1-7(6-17-2)16-8-3-4-10(15)9(5-8)11(12,13)14/h3-5,7,16H,6,15H2,1-2H3. The fourth-order valence-electron chi connectivity index (χ4n) is 1.47. The van der Waals surface area contributed by atoms with Crippen molar-refractivity contribution in [3.63, 3.8) is 0 Å². The highest BCUT2D eigenvalue weighted by atomic mass is 32.2. The minimum Gasteiger partial charge on any atom is -0.398 e. The maximum Gasteiger partial charge on any atom is 0.418 e. The monoisotopic (exact) mass is 264 g/mol. The van der Waals surface area contributed by atoms with Crippen molar-refractivity contribution in [3.8, 4) is 0 Å². The van der Waals surface area contributed by atoms with Crippen LogP contribution < -0.4 is 11.1 Å². The van der Waals surface area contributed by atoms with Crippen molar-refractivity contribution < 1.29 is 13.2 Å². The normalized spacial score (nSPS) is 13.5. The van der Waals surface area contributed by atoms with E-state index in [2.05, 4.69) is 5.32 Å². The van der Waals surface area contributed by atoms with Crippen molar-refractivity contribution in [1.29, 1.82) is 0 Å². The molecule has 0 aliphatic heterocycles. The zero-order valence-corrected chi connectivity index (χ0v) is 10.5. The van der Waals surface area contributed by atoms with Crippen LogP contribution in [0.5, 0.6) is 0 Å². The second kappa shape index (κ2) is 5.53. The molecule has 0 aliphatic carbocycles. The molecule has 1 atom stereocenters. The van der Waals surface area contributed by atoms with Crippen LogP contribution >= 0.6 is 11.8 Å². The van der Waals surface area contributed by atoms with E-state index < -0.39 is 11.7 Å². The maximum absolute atomic E-state index is 12.6. The first-order valence-corrected chi connectivity index (χ1v) is 6.46. The summed E-state index contributed by atoms with van der Waals surface area (Å²) in [6.07, 6.45) is -2.47. The smallest absolute Gasteiger partial charge is 0.398 e. The Morgan fingerprint density at radius 3 is 2.59 bits per heavy atom. The maximum atomic E-state index is 12.6. The van der Waals surface area contributed by atoms with E-state index in [1.54, 1.807) is 17.8 Å². The van der Waals surface area contributed by atoms with Crippen LogP contribution in [0.2, 0.25) is 0 Å². The molecule has 0 radical (unpaired) electrons. The highest BCUT2D eigenvalue weighted by Crippen LogP contribution is 2.35. The van der Waals surface area contributed by atoms with Crippen LogP contribution in [0, 0.1) is 0 Å². The molecule has 0 amide bonds. The summed E-state index contributed by atoms with van der Waals surface area (Å²) in [7, 11) is 0. The number of nitrogens with two attached hydrogens (primary N) is 1. The van der Waals surface area contributed by atoms with E-state index in [1.165, 1.54) is 6.07 Å². The lowest BCUT2D eigenvalue weighted by atomic mass is 10.1. The SMILES string of the molecule is CSCC(C)Nc1ccc(N)c(C(F)(F)F)c1. The largest absolute Gasteiger partial charge is 0.418 e. The Balaban J connectivity index is 2.89. The molecule has 1 aromatic carbocycles. The lowest BCUT2D eigenvalue weighted by Gasteiger charge is -2.16. The van der Waals surface area contributed by atoms with Crippen molar-refractivity contribution in [2.75, 3.05) is 23.1 Å². The van der Waals surface area contributed by atoms with Crippen molar-refractivity contribution in [3.05, 3.63) is 23.8 Å². The van der Waals surface area contributed by atoms with Gasteiger partial charge in [0.25, 0.3) is 0 Å². The number of nitrogen functional groups attached to an aromatic ring is 1. The van der Waals surface area contributed by atoms with Gasteiger partial charge in [-0.2, -0.15) is 24.9 Å². The topological polar surface area (TPSA) is 38.0 Å². The van der Waals surface area contributed by atoms with Gasteiger partial charge in [0, 0.05) is 23.2 Å². The van der Waals surface area contributed by atoms with Gasteiger partial charge in [-0.25, -0.2) is 0 Å². The molecular weight excluding hydrogens is 249 g/mol. The zero-order chi connectivity index (χ0) is 13.1. The Labute approximate surface area is 103 Å². The molecule has 1 rings (SSSR count). The Bertz CT molecular complexity index is 379. The third-order valence-electron chi connectivity index (χ3n) is 2.19. The van der Waals surface area contributed by atoms with Gasteiger partial charge in [0.2, 0.25) is 0 Å². The van der Waals surface area contributed by atoms with Gasteiger partial charge in [-0.3, -0.25) is 0 Å². The number of hydrogen-bond acceptors (Lipinski definition) is 3. The Hall–Kier alpha value is -1.04. The number of rotatable bonds is 4. The van der Waals surface area contributed by atoms with Gasteiger partial charge >= 0.3 is 6.18 Å². The highest BCUT2D eigenvalue weighted by Gasteiger charge is 2.33. The molecule has 3 N–H and O–H groups in total. The average molecular weight is 264 g/mol. The number of alkyl halides is 3. The first-order chi connectivity index (χ1) is 7.84. The van der Waals surface area contributed by atoms with Crippen LogP contribution in [0.25, 0.3) is 0 Å². The van der Waals surface area contributed by atoms with Crippen LogP contribution in [0.3, 0.4) is 0 Å². The number of halogens is 3. The van der Waals surface area contributed by atoms with Crippen LogP contribution in [-0.2, 0) is 6.18 Å². The fraction of sp³-hybridized carbons (Fsp3) is 0.455. The highest BCUT2D eigenvalue weighted by molar-refractivity contribution is 7.98. The van der Waals surface area contributed by atoms with Crippen molar-refractivity contribution in [2.24, 2.45) is 0 Å². The molecule has 0 aromatic heterocycles. The Morgan fingerprint density at radius 1 is 1.41 bits per heavy atom. The predicted molar refractivity (Wildman–Crippen MR) is 67.3 cm³/mol. The summed E-state index contributed by atoms with van der Waals surface area (Å²) in [5.74, 6) is 0.825. The van der Waals surface area contributed by atoms with E-state index in [-0.39, 0.29) is 11.7 Å². The lowest BCUT2D eigenvalue weighted by molar-refractivity contribution is -0.136. The molecule has 1 aromatic rings. The summed E-state index contributed by atoms with van der Waals surface area (Å²) in [6, 6.07) is 3.99. The second-order valence-electron chi connectivity index (χ2n) is 3.80. The quantitative estimate of drug-likeness (QED) is 0.818. The summed E-state index contributed by atoms with van der Waals surface area (Å²) in [5, 5.41) is 3.01. The summed E-state index contributed by atoms with van der Waals surface area (Å²) in [6.45, 7) is 1.92. The molecule has 2 nitrogen and oxygen atoms in total. The van der Waals surface area contributed by atoms with Gasteiger partial charge in [0.05, 0.1) is 5.56 Å². The summed E-state index contributed by atoms with van der Waals surface area (Å²) >= 11 is 1.63. The number of hydrogen-bond donors (Lipinski definition) is 2. The average Bonchev–Trinajstić information content (AvgIpc) is 2.19. The minimum absolute atomic E-state index is 0.106. The Morgan fingerprint density at radius 2 is 2.06 bits per heavy atom. The van der Waals surface area contributed by atoms with E-state index >= 15 is 0 Å².